The Hall–Kier alpha value is -2.55. The Morgan fingerprint density at radius 3 is 2.16 bits per heavy atom. The fraction of sp³-hybridized carbons (Fsp3) is 0.533. The zero-order valence-electron chi connectivity index (χ0n) is 23.0. The minimum atomic E-state index is -3.58. The Bertz CT molecular complexity index is 1310. The van der Waals surface area contributed by atoms with Crippen LogP contribution in [-0.2, 0) is 15.4 Å². The Morgan fingerprint density at radius 1 is 0.947 bits per heavy atom. The first-order valence-electron chi connectivity index (χ1n) is 14.0. The lowest BCUT2D eigenvalue weighted by Gasteiger charge is -2.42. The van der Waals surface area contributed by atoms with Gasteiger partial charge in [-0.05, 0) is 63.3 Å². The van der Waals surface area contributed by atoms with E-state index in [1.54, 1.807) is 24.3 Å². The molecule has 0 amide bonds. The van der Waals surface area contributed by atoms with E-state index in [1.807, 2.05) is 24.3 Å². The van der Waals surface area contributed by atoms with Crippen LogP contribution in [0, 0.1) is 6.92 Å². The van der Waals surface area contributed by atoms with Crippen molar-refractivity contribution in [1.29, 1.82) is 0 Å². The van der Waals surface area contributed by atoms with Crippen LogP contribution >= 0.6 is 0 Å². The average molecular weight is 536 g/mol. The predicted molar refractivity (Wildman–Crippen MR) is 151 cm³/mol. The monoisotopic (exact) mass is 535 g/mol. The van der Waals surface area contributed by atoms with E-state index in [1.165, 1.54) is 18.4 Å². The lowest BCUT2D eigenvalue weighted by Crippen LogP contribution is -2.47. The van der Waals surface area contributed by atoms with Crippen LogP contribution in [0.2, 0.25) is 0 Å². The maximum absolute atomic E-state index is 13.0. The minimum Gasteiger partial charge on any atom is -0.312 e. The molecular formula is C30H41N5O2S. The lowest BCUT2D eigenvalue weighted by atomic mass is 9.79. The van der Waals surface area contributed by atoms with Crippen molar-refractivity contribution in [1.82, 2.24) is 24.4 Å². The highest BCUT2D eigenvalue weighted by atomic mass is 32.2. The molecule has 2 aromatic carbocycles. The quantitative estimate of drug-likeness (QED) is 0.386. The molecule has 0 aliphatic carbocycles. The van der Waals surface area contributed by atoms with Crippen LogP contribution in [0.3, 0.4) is 0 Å². The van der Waals surface area contributed by atoms with Crippen LogP contribution in [-0.4, -0.2) is 53.3 Å². The molecule has 204 valence electrons. The summed E-state index contributed by atoms with van der Waals surface area (Å²) in [6.07, 6.45) is 5.58. The number of nitrogens with one attached hydrogen (secondary N) is 1. The van der Waals surface area contributed by atoms with Gasteiger partial charge in [-0.2, -0.15) is 0 Å². The fourth-order valence-electron chi connectivity index (χ4n) is 6.54. The number of aromatic nitrogens is 3. The summed E-state index contributed by atoms with van der Waals surface area (Å²) in [6, 6.07) is 20.5. The van der Waals surface area contributed by atoms with Crippen molar-refractivity contribution in [3.8, 4) is 0 Å². The molecular weight excluding hydrogens is 494 g/mol. The molecule has 4 atom stereocenters. The first-order valence-corrected chi connectivity index (χ1v) is 15.4. The largest absolute Gasteiger partial charge is 0.312 e. The first-order chi connectivity index (χ1) is 18.2. The van der Waals surface area contributed by atoms with E-state index in [2.05, 4.69) is 64.2 Å². The minimum absolute atomic E-state index is 0.306. The summed E-state index contributed by atoms with van der Waals surface area (Å²) in [4.78, 5) is 3.01. The molecule has 2 aliphatic heterocycles. The molecule has 1 N–H and O–H groups in total. The van der Waals surface area contributed by atoms with Gasteiger partial charge in [0, 0.05) is 36.0 Å². The van der Waals surface area contributed by atoms with Gasteiger partial charge in [0.15, 0.2) is 0 Å². The Kier molecular flexibility index (Phi) is 7.76. The van der Waals surface area contributed by atoms with Gasteiger partial charge in [0.25, 0.3) is 0 Å². The predicted octanol–water partition coefficient (Wildman–Crippen LogP) is 5.20. The number of rotatable bonds is 10. The van der Waals surface area contributed by atoms with Gasteiger partial charge < -0.3 is 4.57 Å². The zero-order valence-corrected chi connectivity index (χ0v) is 23.9. The Balaban J connectivity index is 1.30. The van der Waals surface area contributed by atoms with Gasteiger partial charge in [-0.25, -0.2) is 13.1 Å². The van der Waals surface area contributed by atoms with Gasteiger partial charge in [-0.3, -0.25) is 4.90 Å². The molecule has 2 fully saturated rings. The van der Waals surface area contributed by atoms with Crippen LogP contribution in [0.25, 0.3) is 0 Å². The molecule has 3 aromatic rings. The molecule has 8 heteroatoms. The van der Waals surface area contributed by atoms with E-state index in [0.717, 1.165) is 37.5 Å². The summed E-state index contributed by atoms with van der Waals surface area (Å²) in [5.74, 6) is 2.48. The summed E-state index contributed by atoms with van der Waals surface area (Å²) in [6.45, 7) is 9.98. The van der Waals surface area contributed by atoms with Crippen molar-refractivity contribution in [2.24, 2.45) is 0 Å². The number of sulfonamides is 1. The van der Waals surface area contributed by atoms with Gasteiger partial charge in [-0.15, -0.1) is 10.2 Å². The fourth-order valence-corrected chi connectivity index (χ4v) is 7.73. The summed E-state index contributed by atoms with van der Waals surface area (Å²) in [5.41, 5.74) is 0.842. The van der Waals surface area contributed by atoms with Crippen molar-refractivity contribution >= 4 is 10.0 Å². The molecule has 38 heavy (non-hydrogen) atoms. The summed E-state index contributed by atoms with van der Waals surface area (Å²) in [7, 11) is -3.58. The standard InChI is InChI=1S/C30H41N5O2S/c1-22(2)29-33-32-23(3)35(29)27-19-25-15-16-26(20-27)34(25)18-17-30(4,24-11-7-5-8-12-24)21-31-38(36,37)28-13-9-6-10-14-28/h5-14,22,25-27,31H,15-21H2,1-4H3/t25-,26+,27?,30?. The first kappa shape index (κ1) is 27.0. The van der Waals surface area contributed by atoms with Gasteiger partial charge in [-0.1, -0.05) is 69.3 Å². The number of nitrogens with zero attached hydrogens (tertiary/aromatic N) is 4. The van der Waals surface area contributed by atoms with E-state index in [0.29, 0.717) is 35.5 Å². The van der Waals surface area contributed by atoms with Crippen molar-refractivity contribution < 1.29 is 8.42 Å². The van der Waals surface area contributed by atoms with Gasteiger partial charge >= 0.3 is 0 Å². The third-order valence-electron chi connectivity index (χ3n) is 8.73. The highest BCUT2D eigenvalue weighted by Gasteiger charge is 2.43. The molecule has 2 unspecified atom stereocenters. The van der Waals surface area contributed by atoms with Gasteiger partial charge in [0.1, 0.15) is 11.6 Å². The zero-order chi connectivity index (χ0) is 26.9. The van der Waals surface area contributed by atoms with Crippen LogP contribution in [0.4, 0.5) is 0 Å². The molecule has 0 spiro atoms. The normalized spacial score (nSPS) is 23.6. The van der Waals surface area contributed by atoms with Crippen LogP contribution < -0.4 is 4.72 Å². The smallest absolute Gasteiger partial charge is 0.240 e. The maximum Gasteiger partial charge on any atom is 0.240 e. The van der Waals surface area contributed by atoms with Crippen molar-refractivity contribution in [2.75, 3.05) is 13.1 Å². The van der Waals surface area contributed by atoms with Crippen LogP contribution in [0.1, 0.15) is 82.0 Å². The summed E-state index contributed by atoms with van der Waals surface area (Å²) < 4.78 is 31.4. The molecule has 2 aliphatic rings. The maximum atomic E-state index is 13.0. The van der Waals surface area contributed by atoms with Crippen LogP contribution in [0.15, 0.2) is 65.6 Å². The van der Waals surface area contributed by atoms with E-state index in [-0.39, 0.29) is 5.41 Å². The number of benzene rings is 2. The molecule has 0 radical (unpaired) electrons. The number of fused-ring (bicyclic) bond motifs is 2. The highest BCUT2D eigenvalue weighted by molar-refractivity contribution is 7.89. The van der Waals surface area contributed by atoms with Gasteiger partial charge in [0.05, 0.1) is 4.90 Å². The van der Waals surface area contributed by atoms with Crippen molar-refractivity contribution in [2.45, 2.75) is 94.2 Å². The summed E-state index contributed by atoms with van der Waals surface area (Å²) >= 11 is 0. The second-order valence-electron chi connectivity index (χ2n) is 11.7. The lowest BCUT2D eigenvalue weighted by molar-refractivity contribution is 0.0959. The third-order valence-corrected chi connectivity index (χ3v) is 10.1. The highest BCUT2D eigenvalue weighted by Crippen LogP contribution is 2.43. The Morgan fingerprint density at radius 2 is 1.55 bits per heavy atom. The molecule has 3 heterocycles. The van der Waals surface area contributed by atoms with Crippen molar-refractivity contribution in [3.05, 3.63) is 77.9 Å². The summed E-state index contributed by atoms with van der Waals surface area (Å²) in [5, 5.41) is 8.90. The molecule has 2 bridgehead atoms. The van der Waals surface area contributed by atoms with E-state index in [9.17, 15) is 8.42 Å². The number of aryl methyl sites for hydroxylation is 1. The average Bonchev–Trinajstić information content (AvgIpc) is 3.42. The van der Waals surface area contributed by atoms with Crippen LogP contribution in [0.5, 0.6) is 0 Å². The topological polar surface area (TPSA) is 80.1 Å². The van der Waals surface area contributed by atoms with E-state index in [4.69, 9.17) is 0 Å². The number of hydrogen-bond acceptors (Lipinski definition) is 5. The molecule has 1 aromatic heterocycles. The SMILES string of the molecule is Cc1nnc(C(C)C)n1C1C[C@H]2CC[C@@H](C1)N2CCC(C)(CNS(=O)(=O)c1ccccc1)c1ccccc1. The number of piperidine rings is 1. The Labute approximate surface area is 227 Å². The molecule has 2 saturated heterocycles. The second kappa shape index (κ2) is 10.9. The molecule has 0 saturated carbocycles. The van der Waals surface area contributed by atoms with E-state index >= 15 is 0 Å². The van der Waals surface area contributed by atoms with Gasteiger partial charge in [0.2, 0.25) is 10.0 Å². The third kappa shape index (κ3) is 5.44. The van der Waals surface area contributed by atoms with Crippen molar-refractivity contribution in [3.63, 3.8) is 0 Å². The number of hydrogen-bond donors (Lipinski definition) is 1. The second-order valence-corrected chi connectivity index (χ2v) is 13.5. The molecule has 7 nitrogen and oxygen atoms in total. The molecule has 5 rings (SSSR count). The van der Waals surface area contributed by atoms with E-state index < -0.39 is 10.0 Å².